The van der Waals surface area contributed by atoms with Crippen LogP contribution in [0.1, 0.15) is 32.5 Å². The average molecular weight is 277 g/mol. The molecule has 0 unspecified atom stereocenters. The van der Waals surface area contributed by atoms with Crippen LogP contribution in [0.5, 0.6) is 5.75 Å². The first kappa shape index (κ1) is 14.0. The Balaban J connectivity index is 2.10. The van der Waals surface area contributed by atoms with E-state index in [1.165, 1.54) is 12.1 Å². The molecular formula is C13H15N3O4. The smallest absolute Gasteiger partial charge is 0.310 e. The van der Waals surface area contributed by atoms with Crippen molar-refractivity contribution in [3.05, 3.63) is 46.1 Å². The average Bonchev–Trinajstić information content (AvgIpc) is 2.85. The molecule has 2 rings (SSSR count). The molecule has 1 heterocycles. The van der Waals surface area contributed by atoms with E-state index in [0.717, 1.165) is 0 Å². The number of benzene rings is 1. The first-order valence-electron chi connectivity index (χ1n) is 6.07. The van der Waals surface area contributed by atoms with Crippen molar-refractivity contribution >= 4 is 5.69 Å². The van der Waals surface area contributed by atoms with Crippen LogP contribution < -0.4 is 4.74 Å². The van der Waals surface area contributed by atoms with E-state index in [1.807, 2.05) is 20.8 Å². The van der Waals surface area contributed by atoms with Gasteiger partial charge in [0.2, 0.25) is 11.7 Å². The molecule has 0 aliphatic rings. The number of nitro benzene ring substituents is 1. The Kier molecular flexibility index (Phi) is 3.69. The molecule has 0 spiro atoms. The van der Waals surface area contributed by atoms with Crippen LogP contribution in [0, 0.1) is 10.1 Å². The van der Waals surface area contributed by atoms with Gasteiger partial charge in [0.05, 0.1) is 4.92 Å². The zero-order valence-corrected chi connectivity index (χ0v) is 11.5. The lowest BCUT2D eigenvalue weighted by Crippen LogP contribution is -2.11. The monoisotopic (exact) mass is 277 g/mol. The fourth-order valence-electron chi connectivity index (χ4n) is 1.49. The van der Waals surface area contributed by atoms with Gasteiger partial charge in [-0.1, -0.05) is 38.1 Å². The maximum atomic E-state index is 10.8. The normalized spacial score (nSPS) is 11.3. The van der Waals surface area contributed by atoms with Crippen molar-refractivity contribution in [2.24, 2.45) is 0 Å². The molecule has 0 amide bonds. The molecule has 0 saturated carbocycles. The van der Waals surface area contributed by atoms with E-state index in [0.29, 0.717) is 11.7 Å². The summed E-state index contributed by atoms with van der Waals surface area (Å²) in [6.07, 6.45) is 0. The molecule has 0 radical (unpaired) electrons. The summed E-state index contributed by atoms with van der Waals surface area (Å²) >= 11 is 0. The Hall–Kier alpha value is -2.44. The molecule has 1 aromatic carbocycles. The predicted octanol–water partition coefficient (Wildman–Crippen LogP) is 2.85. The van der Waals surface area contributed by atoms with Crippen LogP contribution in [-0.2, 0) is 12.0 Å². The summed E-state index contributed by atoms with van der Waals surface area (Å²) in [4.78, 5) is 14.5. The fraction of sp³-hybridized carbons (Fsp3) is 0.385. The Labute approximate surface area is 115 Å². The number of hydrogen-bond acceptors (Lipinski definition) is 6. The van der Waals surface area contributed by atoms with Crippen molar-refractivity contribution in [1.82, 2.24) is 10.1 Å². The van der Waals surface area contributed by atoms with Gasteiger partial charge in [-0.2, -0.15) is 4.98 Å². The van der Waals surface area contributed by atoms with Gasteiger partial charge in [0, 0.05) is 11.5 Å². The Morgan fingerprint density at radius 1 is 1.35 bits per heavy atom. The standard InChI is InChI=1S/C13H15N3O4/c1-13(2,3)12-14-11(15-20-12)8-19-10-7-5-4-6-9(10)16(17)18/h4-7H,8H2,1-3H3. The highest BCUT2D eigenvalue weighted by Gasteiger charge is 2.22. The lowest BCUT2D eigenvalue weighted by molar-refractivity contribution is -0.385. The van der Waals surface area contributed by atoms with Crippen molar-refractivity contribution in [3.8, 4) is 5.75 Å². The minimum absolute atomic E-state index is 0.0183. The Bertz CT molecular complexity index is 616. The first-order valence-corrected chi connectivity index (χ1v) is 6.07. The zero-order valence-electron chi connectivity index (χ0n) is 11.5. The quantitative estimate of drug-likeness (QED) is 0.630. The van der Waals surface area contributed by atoms with E-state index in [-0.39, 0.29) is 23.5 Å². The molecule has 7 nitrogen and oxygen atoms in total. The van der Waals surface area contributed by atoms with Gasteiger partial charge in [0.1, 0.15) is 0 Å². The van der Waals surface area contributed by atoms with E-state index in [4.69, 9.17) is 9.26 Å². The maximum absolute atomic E-state index is 10.8. The summed E-state index contributed by atoms with van der Waals surface area (Å²) in [5, 5.41) is 14.6. The van der Waals surface area contributed by atoms with Crippen molar-refractivity contribution < 1.29 is 14.2 Å². The highest BCUT2D eigenvalue weighted by Crippen LogP contribution is 2.26. The molecule has 0 atom stereocenters. The van der Waals surface area contributed by atoms with Gasteiger partial charge in [0.15, 0.2) is 12.4 Å². The second-order valence-electron chi connectivity index (χ2n) is 5.28. The second kappa shape index (κ2) is 5.28. The topological polar surface area (TPSA) is 91.3 Å². The predicted molar refractivity (Wildman–Crippen MR) is 70.4 cm³/mol. The second-order valence-corrected chi connectivity index (χ2v) is 5.28. The van der Waals surface area contributed by atoms with Gasteiger partial charge in [-0.25, -0.2) is 0 Å². The van der Waals surface area contributed by atoms with Crippen LogP contribution in [0.15, 0.2) is 28.8 Å². The third-order valence-electron chi connectivity index (χ3n) is 2.53. The van der Waals surface area contributed by atoms with Crippen molar-refractivity contribution in [2.75, 3.05) is 0 Å². The fourth-order valence-corrected chi connectivity index (χ4v) is 1.49. The van der Waals surface area contributed by atoms with Gasteiger partial charge in [-0.3, -0.25) is 10.1 Å². The number of para-hydroxylation sites is 2. The molecule has 0 saturated heterocycles. The molecule has 20 heavy (non-hydrogen) atoms. The number of rotatable bonds is 4. The lowest BCUT2D eigenvalue weighted by Gasteiger charge is -2.10. The number of ether oxygens (including phenoxy) is 1. The number of nitrogens with zero attached hydrogens (tertiary/aromatic N) is 3. The summed E-state index contributed by atoms with van der Waals surface area (Å²) in [5.74, 6) is 1.03. The van der Waals surface area contributed by atoms with Crippen molar-refractivity contribution in [2.45, 2.75) is 32.8 Å². The summed E-state index contributed by atoms with van der Waals surface area (Å²) in [5.41, 5.74) is -0.337. The van der Waals surface area contributed by atoms with E-state index in [9.17, 15) is 10.1 Å². The molecule has 0 fully saturated rings. The van der Waals surface area contributed by atoms with E-state index < -0.39 is 4.92 Å². The van der Waals surface area contributed by atoms with Crippen LogP contribution in [0.3, 0.4) is 0 Å². The molecule has 0 bridgehead atoms. The number of aromatic nitrogens is 2. The molecule has 2 aromatic rings. The summed E-state index contributed by atoms with van der Waals surface area (Å²) in [6, 6.07) is 6.16. The van der Waals surface area contributed by atoms with Crippen LogP contribution in [-0.4, -0.2) is 15.1 Å². The molecule has 0 N–H and O–H groups in total. The van der Waals surface area contributed by atoms with Crippen LogP contribution in [0.4, 0.5) is 5.69 Å². The summed E-state index contributed by atoms with van der Waals surface area (Å²) in [6.45, 7) is 5.87. The van der Waals surface area contributed by atoms with Crippen LogP contribution in [0.25, 0.3) is 0 Å². The maximum Gasteiger partial charge on any atom is 0.310 e. The molecule has 7 heteroatoms. The van der Waals surface area contributed by atoms with E-state index in [2.05, 4.69) is 10.1 Å². The number of nitro groups is 1. The highest BCUT2D eigenvalue weighted by atomic mass is 16.6. The van der Waals surface area contributed by atoms with Gasteiger partial charge in [-0.05, 0) is 6.07 Å². The highest BCUT2D eigenvalue weighted by molar-refractivity contribution is 5.45. The van der Waals surface area contributed by atoms with Crippen LogP contribution in [0.2, 0.25) is 0 Å². The van der Waals surface area contributed by atoms with E-state index >= 15 is 0 Å². The summed E-state index contributed by atoms with van der Waals surface area (Å²) < 4.78 is 10.5. The molecule has 1 aromatic heterocycles. The van der Waals surface area contributed by atoms with Crippen molar-refractivity contribution in [3.63, 3.8) is 0 Å². The lowest BCUT2D eigenvalue weighted by atomic mass is 9.97. The van der Waals surface area contributed by atoms with Gasteiger partial charge < -0.3 is 9.26 Å². The largest absolute Gasteiger partial charge is 0.478 e. The third-order valence-corrected chi connectivity index (χ3v) is 2.53. The van der Waals surface area contributed by atoms with Crippen molar-refractivity contribution in [1.29, 1.82) is 0 Å². The minimum Gasteiger partial charge on any atom is -0.478 e. The Morgan fingerprint density at radius 2 is 2.05 bits per heavy atom. The third kappa shape index (κ3) is 3.11. The van der Waals surface area contributed by atoms with Gasteiger partial charge >= 0.3 is 5.69 Å². The molecule has 0 aliphatic carbocycles. The van der Waals surface area contributed by atoms with Gasteiger partial charge in [0.25, 0.3) is 0 Å². The Morgan fingerprint density at radius 3 is 2.65 bits per heavy atom. The van der Waals surface area contributed by atoms with Crippen LogP contribution >= 0.6 is 0 Å². The zero-order chi connectivity index (χ0) is 14.8. The van der Waals surface area contributed by atoms with Gasteiger partial charge in [-0.15, -0.1) is 0 Å². The van der Waals surface area contributed by atoms with E-state index in [1.54, 1.807) is 12.1 Å². The minimum atomic E-state index is -0.494. The molecule has 0 aliphatic heterocycles. The number of hydrogen-bond donors (Lipinski definition) is 0. The SMILES string of the molecule is CC(C)(C)c1nc(COc2ccccc2[N+](=O)[O-])no1. The molecular weight excluding hydrogens is 262 g/mol. The molecule has 106 valence electrons. The summed E-state index contributed by atoms with van der Waals surface area (Å²) in [7, 11) is 0. The first-order chi connectivity index (χ1) is 9.38.